The number of ketones is 1. The number of halogens is 1. The maximum Gasteiger partial charge on any atom is 0.354 e. The van der Waals surface area contributed by atoms with Crippen molar-refractivity contribution in [2.75, 3.05) is 13.7 Å². The molecule has 0 amide bonds. The highest BCUT2D eigenvalue weighted by Crippen LogP contribution is 2.30. The van der Waals surface area contributed by atoms with Gasteiger partial charge in [0.1, 0.15) is 11.5 Å². The van der Waals surface area contributed by atoms with Gasteiger partial charge in [0, 0.05) is 24.3 Å². The zero-order chi connectivity index (χ0) is 23.6. The van der Waals surface area contributed by atoms with E-state index in [1.807, 2.05) is 0 Å². The van der Waals surface area contributed by atoms with Gasteiger partial charge in [-0.05, 0) is 56.5 Å². The zero-order valence-corrected chi connectivity index (χ0v) is 19.7. The Bertz CT molecular complexity index is 1120. The summed E-state index contributed by atoms with van der Waals surface area (Å²) in [5.41, 5.74) is 1.61. The highest BCUT2D eigenvalue weighted by Gasteiger charge is 2.36. The highest BCUT2D eigenvalue weighted by atomic mass is 32.2. The lowest BCUT2D eigenvalue weighted by molar-refractivity contribution is 0.0588. The normalized spacial score (nSPS) is 15.2. The van der Waals surface area contributed by atoms with Crippen molar-refractivity contribution in [3.63, 3.8) is 0 Å². The van der Waals surface area contributed by atoms with Crippen molar-refractivity contribution >= 4 is 21.8 Å². The molecule has 9 heteroatoms. The number of nitrogens with zero attached hydrogens (tertiary/aromatic N) is 2. The van der Waals surface area contributed by atoms with Crippen LogP contribution in [0.4, 0.5) is 4.39 Å². The van der Waals surface area contributed by atoms with Gasteiger partial charge in [0.15, 0.2) is 5.78 Å². The molecule has 0 atom stereocenters. The van der Waals surface area contributed by atoms with Crippen molar-refractivity contribution in [3.8, 4) is 0 Å². The highest BCUT2D eigenvalue weighted by molar-refractivity contribution is 7.89. The van der Waals surface area contributed by atoms with E-state index in [0.29, 0.717) is 29.7 Å². The average molecular weight is 465 g/mol. The molecule has 0 unspecified atom stereocenters. The summed E-state index contributed by atoms with van der Waals surface area (Å²) in [5, 5.41) is 0. The summed E-state index contributed by atoms with van der Waals surface area (Å²) < 4.78 is 48.0. The first-order chi connectivity index (χ1) is 15.1. The van der Waals surface area contributed by atoms with Crippen LogP contribution in [0.3, 0.4) is 0 Å². The Balaban J connectivity index is 2.02. The number of rotatable bonds is 7. The second-order valence-corrected chi connectivity index (χ2v) is 10.1. The van der Waals surface area contributed by atoms with E-state index in [0.717, 1.165) is 31.4 Å². The van der Waals surface area contributed by atoms with E-state index in [1.54, 1.807) is 25.5 Å². The Morgan fingerprint density at radius 1 is 1.12 bits per heavy atom. The molecule has 0 bridgehead atoms. The Labute approximate surface area is 188 Å². The molecule has 0 aliphatic heterocycles. The number of esters is 1. The van der Waals surface area contributed by atoms with Crippen LogP contribution in [0.2, 0.25) is 0 Å². The van der Waals surface area contributed by atoms with Gasteiger partial charge in [0.2, 0.25) is 10.0 Å². The van der Waals surface area contributed by atoms with Gasteiger partial charge in [-0.15, -0.1) is 0 Å². The van der Waals surface area contributed by atoms with E-state index >= 15 is 0 Å². The Hall–Kier alpha value is -2.52. The van der Waals surface area contributed by atoms with Gasteiger partial charge in [-0.1, -0.05) is 19.3 Å². The molecule has 1 heterocycles. The molecule has 3 rings (SSSR count). The van der Waals surface area contributed by atoms with E-state index in [4.69, 9.17) is 4.74 Å². The fourth-order valence-corrected chi connectivity index (χ4v) is 6.16. The minimum Gasteiger partial charge on any atom is -0.464 e. The largest absolute Gasteiger partial charge is 0.464 e. The number of methoxy groups -OCH3 is 1. The molecule has 1 aliphatic rings. The van der Waals surface area contributed by atoms with Crippen LogP contribution >= 0.6 is 0 Å². The van der Waals surface area contributed by atoms with Crippen LogP contribution in [0.5, 0.6) is 0 Å². The maximum absolute atomic E-state index is 13.5. The van der Waals surface area contributed by atoms with Gasteiger partial charge < -0.3 is 9.30 Å². The van der Waals surface area contributed by atoms with Crippen molar-refractivity contribution in [3.05, 3.63) is 52.6 Å². The van der Waals surface area contributed by atoms with Gasteiger partial charge in [-0.3, -0.25) is 4.79 Å². The number of carbonyl (C=O) groups is 2. The third kappa shape index (κ3) is 4.49. The van der Waals surface area contributed by atoms with Crippen molar-refractivity contribution in [2.24, 2.45) is 7.05 Å². The molecule has 1 fully saturated rings. The fraction of sp³-hybridized carbons (Fsp3) is 0.478. The summed E-state index contributed by atoms with van der Waals surface area (Å²) in [5.74, 6) is -1.48. The van der Waals surface area contributed by atoms with E-state index in [-0.39, 0.29) is 29.0 Å². The number of hydrogen-bond acceptors (Lipinski definition) is 5. The van der Waals surface area contributed by atoms with E-state index in [1.165, 1.54) is 23.5 Å². The lowest BCUT2D eigenvalue weighted by Crippen LogP contribution is -2.44. The molecule has 174 valence electrons. The molecule has 1 saturated carbocycles. The predicted molar refractivity (Wildman–Crippen MR) is 118 cm³/mol. The van der Waals surface area contributed by atoms with Crippen molar-refractivity contribution in [1.29, 1.82) is 0 Å². The Kier molecular flexibility index (Phi) is 7.19. The van der Waals surface area contributed by atoms with Crippen molar-refractivity contribution in [2.45, 2.75) is 56.9 Å². The summed E-state index contributed by atoms with van der Waals surface area (Å²) in [4.78, 5) is 25.6. The maximum atomic E-state index is 13.5. The van der Waals surface area contributed by atoms with Crippen LogP contribution in [0.25, 0.3) is 0 Å². The Morgan fingerprint density at radius 2 is 1.72 bits per heavy atom. The van der Waals surface area contributed by atoms with Crippen LogP contribution in [0, 0.1) is 19.7 Å². The summed E-state index contributed by atoms with van der Waals surface area (Å²) in [6.45, 7) is 3.02. The van der Waals surface area contributed by atoms with Gasteiger partial charge in [0.25, 0.3) is 0 Å². The van der Waals surface area contributed by atoms with Gasteiger partial charge in [0.05, 0.1) is 18.6 Å². The van der Waals surface area contributed by atoms with E-state index in [9.17, 15) is 22.4 Å². The third-order valence-corrected chi connectivity index (χ3v) is 8.20. The molecule has 2 aromatic rings. The monoisotopic (exact) mass is 464 g/mol. The molecular weight excluding hydrogens is 435 g/mol. The van der Waals surface area contributed by atoms with Crippen LogP contribution in [-0.2, 0) is 21.8 Å². The van der Waals surface area contributed by atoms with Gasteiger partial charge >= 0.3 is 5.97 Å². The first-order valence-electron chi connectivity index (χ1n) is 10.6. The summed E-state index contributed by atoms with van der Waals surface area (Å²) >= 11 is 0. The van der Waals surface area contributed by atoms with Crippen LogP contribution in [0.1, 0.15) is 64.2 Å². The predicted octanol–water partition coefficient (Wildman–Crippen LogP) is 3.77. The molecule has 0 N–H and O–H groups in total. The van der Waals surface area contributed by atoms with Gasteiger partial charge in [-0.2, -0.15) is 4.31 Å². The van der Waals surface area contributed by atoms with Crippen LogP contribution < -0.4 is 0 Å². The molecule has 0 saturated heterocycles. The molecule has 32 heavy (non-hydrogen) atoms. The third-order valence-electron chi connectivity index (χ3n) is 6.29. The summed E-state index contributed by atoms with van der Waals surface area (Å²) in [6, 6.07) is 4.33. The molecule has 0 spiro atoms. The number of hydrogen-bond donors (Lipinski definition) is 0. The van der Waals surface area contributed by atoms with Crippen LogP contribution in [-0.4, -0.2) is 48.7 Å². The molecule has 7 nitrogen and oxygen atoms in total. The van der Waals surface area contributed by atoms with E-state index in [2.05, 4.69) is 0 Å². The number of sulfonamides is 1. The number of carbonyl (C=O) groups excluding carboxylic acids is 2. The lowest BCUT2D eigenvalue weighted by atomic mass is 9.95. The van der Waals surface area contributed by atoms with Crippen molar-refractivity contribution in [1.82, 2.24) is 8.87 Å². The second kappa shape index (κ2) is 9.54. The average Bonchev–Trinajstić information content (AvgIpc) is 3.00. The molecular formula is C23H29FN2O5S. The Morgan fingerprint density at radius 3 is 2.28 bits per heavy atom. The number of benzene rings is 1. The smallest absolute Gasteiger partial charge is 0.354 e. The molecule has 1 aromatic carbocycles. The summed E-state index contributed by atoms with van der Waals surface area (Å²) in [6.07, 6.45) is 4.10. The van der Waals surface area contributed by atoms with Crippen molar-refractivity contribution < 1.29 is 27.1 Å². The lowest BCUT2D eigenvalue weighted by Gasteiger charge is -2.33. The van der Waals surface area contributed by atoms with E-state index < -0.39 is 21.8 Å². The number of ether oxygens (including phenoxy) is 1. The molecule has 1 aliphatic carbocycles. The molecule has 0 radical (unpaired) electrons. The standard InChI is InChI=1S/C23H29FN2O5S/c1-15-21(16(2)25(3)22(15)23(28)31-4)20(27)14-26(18-8-6-5-7-9-18)32(29,30)19-12-10-17(24)11-13-19/h10-13,18H,5-9,14H2,1-4H3. The quantitative estimate of drug-likeness (QED) is 0.460. The topological polar surface area (TPSA) is 85.7 Å². The molecule has 1 aromatic heterocycles. The summed E-state index contributed by atoms with van der Waals surface area (Å²) in [7, 11) is -1.09. The first kappa shape index (κ1) is 24.1. The zero-order valence-electron chi connectivity index (χ0n) is 18.9. The number of aromatic nitrogens is 1. The fourth-order valence-electron chi connectivity index (χ4n) is 4.52. The van der Waals surface area contributed by atoms with Crippen LogP contribution in [0.15, 0.2) is 29.2 Å². The minimum absolute atomic E-state index is 0.0472. The minimum atomic E-state index is -4.02. The number of Topliss-reactive ketones (excluding diaryl/α,β-unsaturated/α-hetero) is 1. The SMILES string of the molecule is COC(=O)c1c(C)c(C(=O)CN(C2CCCCC2)S(=O)(=O)c2ccc(F)cc2)c(C)n1C. The van der Waals surface area contributed by atoms with Gasteiger partial charge in [-0.25, -0.2) is 17.6 Å². The first-order valence-corrected chi connectivity index (χ1v) is 12.1. The second-order valence-electron chi connectivity index (χ2n) is 8.20.